The molecule has 5 rings (SSSR count). The molecule has 218 valence electrons. The van der Waals surface area contributed by atoms with Crippen LogP contribution >= 0.6 is 23.2 Å². The molecule has 13 heteroatoms. The number of amides is 1. The van der Waals surface area contributed by atoms with E-state index in [-0.39, 0.29) is 33.1 Å². The lowest BCUT2D eigenvalue weighted by atomic mass is 10.0. The third-order valence-corrected chi connectivity index (χ3v) is 8.12. The summed E-state index contributed by atoms with van der Waals surface area (Å²) in [6.07, 6.45) is 3.81. The molecule has 2 aliphatic rings. The zero-order valence-electron chi connectivity index (χ0n) is 22.9. The first-order chi connectivity index (χ1) is 19.8. The number of nitrogens with one attached hydrogen (secondary N) is 2. The summed E-state index contributed by atoms with van der Waals surface area (Å²) in [5.74, 6) is 1.38. The highest BCUT2D eigenvalue weighted by atomic mass is 35.5. The fourth-order valence-corrected chi connectivity index (χ4v) is 5.73. The average molecular weight is 604 g/mol. The number of ether oxygens (including phenoxy) is 3. The summed E-state index contributed by atoms with van der Waals surface area (Å²) in [6.45, 7) is 7.64. The molecular formula is C28H32Cl2N6O5. The Morgan fingerprint density at radius 1 is 1.22 bits per heavy atom. The van der Waals surface area contributed by atoms with Crippen molar-refractivity contribution in [3.8, 4) is 22.6 Å². The van der Waals surface area contributed by atoms with Crippen LogP contribution in [0, 0.1) is 5.92 Å². The highest BCUT2D eigenvalue weighted by molar-refractivity contribution is 6.41. The predicted molar refractivity (Wildman–Crippen MR) is 158 cm³/mol. The number of hydrogen-bond acceptors (Lipinski definition) is 9. The highest BCUT2D eigenvalue weighted by Gasteiger charge is 2.26. The van der Waals surface area contributed by atoms with Crippen molar-refractivity contribution in [2.75, 3.05) is 58.9 Å². The van der Waals surface area contributed by atoms with E-state index in [4.69, 9.17) is 42.4 Å². The number of carbonyl (C=O) groups is 1. The third kappa shape index (κ3) is 5.99. The van der Waals surface area contributed by atoms with Crippen molar-refractivity contribution in [2.24, 2.45) is 5.92 Å². The average Bonchev–Trinajstić information content (AvgIpc) is 3.42. The molecular weight excluding hydrogens is 571 g/mol. The van der Waals surface area contributed by atoms with E-state index in [0.29, 0.717) is 85.9 Å². The second kappa shape index (κ2) is 12.6. The second-order valence-corrected chi connectivity index (χ2v) is 10.7. The van der Waals surface area contributed by atoms with Crippen LogP contribution in [0.5, 0.6) is 11.5 Å². The Kier molecular flexibility index (Phi) is 8.98. The van der Waals surface area contributed by atoms with Crippen LogP contribution in [0.2, 0.25) is 10.0 Å². The van der Waals surface area contributed by atoms with Gasteiger partial charge in [-0.2, -0.15) is 4.98 Å². The maximum atomic E-state index is 14.1. The minimum Gasteiger partial charge on any atom is -0.495 e. The monoisotopic (exact) mass is 602 g/mol. The number of anilines is 1. The fraction of sp³-hybridized carbons (Fsp3) is 0.429. The molecule has 1 aromatic carbocycles. The van der Waals surface area contributed by atoms with Gasteiger partial charge in [0.25, 0.3) is 5.56 Å². The Hall–Kier alpha value is -3.38. The van der Waals surface area contributed by atoms with Crippen LogP contribution in [-0.4, -0.2) is 85.0 Å². The summed E-state index contributed by atoms with van der Waals surface area (Å²) in [4.78, 5) is 37.0. The summed E-state index contributed by atoms with van der Waals surface area (Å²) in [5, 5.41) is 7.74. The van der Waals surface area contributed by atoms with Gasteiger partial charge in [0.05, 0.1) is 43.0 Å². The fourth-order valence-electron chi connectivity index (χ4n) is 5.03. The van der Waals surface area contributed by atoms with Crippen LogP contribution in [0.15, 0.2) is 35.8 Å². The summed E-state index contributed by atoms with van der Waals surface area (Å²) in [7, 11) is 2.96. The van der Waals surface area contributed by atoms with Gasteiger partial charge in [-0.05, 0) is 18.6 Å². The number of likely N-dealkylation sites (tertiary alicyclic amines) is 1. The van der Waals surface area contributed by atoms with Crippen LogP contribution in [0.1, 0.15) is 6.42 Å². The van der Waals surface area contributed by atoms with E-state index >= 15 is 0 Å². The van der Waals surface area contributed by atoms with Gasteiger partial charge in [0.1, 0.15) is 17.1 Å². The maximum absolute atomic E-state index is 14.1. The number of nitrogens with zero attached hydrogens (tertiary/aromatic N) is 4. The molecule has 1 atom stereocenters. The lowest BCUT2D eigenvalue weighted by molar-refractivity contribution is -0.125. The van der Waals surface area contributed by atoms with Crippen molar-refractivity contribution in [1.82, 2.24) is 24.8 Å². The molecule has 2 aliphatic heterocycles. The molecule has 0 spiro atoms. The van der Waals surface area contributed by atoms with E-state index in [2.05, 4.69) is 22.2 Å². The van der Waals surface area contributed by atoms with Crippen molar-refractivity contribution in [3.05, 3.63) is 51.4 Å². The van der Waals surface area contributed by atoms with Gasteiger partial charge in [0.2, 0.25) is 11.9 Å². The largest absolute Gasteiger partial charge is 0.495 e. The van der Waals surface area contributed by atoms with Crippen molar-refractivity contribution in [2.45, 2.75) is 19.0 Å². The van der Waals surface area contributed by atoms with E-state index in [9.17, 15) is 9.59 Å². The van der Waals surface area contributed by atoms with E-state index in [0.717, 1.165) is 6.42 Å². The Morgan fingerprint density at radius 2 is 1.95 bits per heavy atom. The first-order valence-electron chi connectivity index (χ1n) is 13.3. The van der Waals surface area contributed by atoms with Gasteiger partial charge in [0.15, 0.2) is 0 Å². The topological polar surface area (TPSA) is 120 Å². The molecule has 2 N–H and O–H groups in total. The molecule has 0 bridgehead atoms. The van der Waals surface area contributed by atoms with E-state index < -0.39 is 0 Å². The number of benzene rings is 1. The van der Waals surface area contributed by atoms with Crippen molar-refractivity contribution >= 4 is 46.1 Å². The quantitative estimate of drug-likeness (QED) is 0.319. The Balaban J connectivity index is 1.52. The van der Waals surface area contributed by atoms with Gasteiger partial charge in [-0.25, -0.2) is 4.98 Å². The zero-order chi connectivity index (χ0) is 29.1. The van der Waals surface area contributed by atoms with E-state index in [1.54, 1.807) is 27.8 Å². The van der Waals surface area contributed by atoms with Gasteiger partial charge in [-0.15, -0.1) is 0 Å². The Morgan fingerprint density at radius 3 is 2.59 bits per heavy atom. The molecule has 1 unspecified atom stereocenters. The number of pyridine rings is 1. The third-order valence-electron chi connectivity index (χ3n) is 7.37. The van der Waals surface area contributed by atoms with Crippen LogP contribution < -0.4 is 25.7 Å². The van der Waals surface area contributed by atoms with Gasteiger partial charge < -0.3 is 29.7 Å². The molecule has 2 aromatic heterocycles. The second-order valence-electron chi connectivity index (χ2n) is 9.98. The minimum absolute atomic E-state index is 0.0862. The number of rotatable bonds is 11. The normalized spacial score (nSPS) is 17.0. The van der Waals surface area contributed by atoms with Gasteiger partial charge >= 0.3 is 0 Å². The summed E-state index contributed by atoms with van der Waals surface area (Å²) < 4.78 is 17.7. The van der Waals surface area contributed by atoms with Crippen LogP contribution in [0.25, 0.3) is 22.2 Å². The van der Waals surface area contributed by atoms with E-state index in [1.165, 1.54) is 20.3 Å². The SMILES string of the molecule is C=CC(=O)N1CCC(NCCn2c(=O)c(-c3c(Cl)c(OC)cc(OC)c3Cl)cc3cnc(NCC4COC4)nc32)C1. The first kappa shape index (κ1) is 29.1. The van der Waals surface area contributed by atoms with Crippen molar-refractivity contribution in [1.29, 1.82) is 0 Å². The molecule has 4 heterocycles. The first-order valence-corrected chi connectivity index (χ1v) is 14.1. The number of halogens is 2. The van der Waals surface area contributed by atoms with Crippen LogP contribution in [0.4, 0.5) is 5.95 Å². The number of carbonyl (C=O) groups excluding carboxylic acids is 1. The van der Waals surface area contributed by atoms with Gasteiger partial charge in [0, 0.05) is 67.9 Å². The summed E-state index contributed by atoms with van der Waals surface area (Å²) in [6, 6.07) is 3.37. The molecule has 2 fully saturated rings. The molecule has 0 saturated carbocycles. The van der Waals surface area contributed by atoms with Crippen molar-refractivity contribution < 1.29 is 19.0 Å². The Labute approximate surface area is 247 Å². The molecule has 41 heavy (non-hydrogen) atoms. The molecule has 0 aliphatic carbocycles. The molecule has 0 radical (unpaired) electrons. The Bertz CT molecular complexity index is 1500. The van der Waals surface area contributed by atoms with E-state index in [1.807, 2.05) is 0 Å². The number of hydrogen-bond donors (Lipinski definition) is 2. The molecule has 11 nitrogen and oxygen atoms in total. The lowest BCUT2D eigenvalue weighted by Gasteiger charge is -2.26. The molecule has 1 amide bonds. The van der Waals surface area contributed by atoms with Gasteiger partial charge in [-0.1, -0.05) is 29.8 Å². The highest BCUT2D eigenvalue weighted by Crippen LogP contribution is 2.45. The number of fused-ring (bicyclic) bond motifs is 1. The zero-order valence-corrected chi connectivity index (χ0v) is 24.4. The predicted octanol–water partition coefficient (Wildman–Crippen LogP) is 3.22. The number of methoxy groups -OCH3 is 2. The summed E-state index contributed by atoms with van der Waals surface area (Å²) >= 11 is 13.4. The smallest absolute Gasteiger partial charge is 0.260 e. The summed E-state index contributed by atoms with van der Waals surface area (Å²) in [5.41, 5.74) is 0.717. The molecule has 3 aromatic rings. The van der Waals surface area contributed by atoms with Crippen LogP contribution in [-0.2, 0) is 16.1 Å². The van der Waals surface area contributed by atoms with Gasteiger partial charge in [-0.3, -0.25) is 14.2 Å². The minimum atomic E-state index is -0.328. The standard InChI is InChI=1S/C28H32Cl2N6O5/c1-4-22(37)35-7-5-18(13-35)31-6-8-36-26-17(12-33-28(34-26)32-11-16-14-41-15-16)9-19(27(36)38)23-24(29)20(39-2)10-21(40-3)25(23)30/h4,9-10,12,16,18,31H,1,5-8,11,13-15H2,2-3H3,(H,32,33,34). The maximum Gasteiger partial charge on any atom is 0.260 e. The molecule has 2 saturated heterocycles. The lowest BCUT2D eigenvalue weighted by Crippen LogP contribution is -2.37. The van der Waals surface area contributed by atoms with Crippen LogP contribution in [0.3, 0.4) is 0 Å². The number of aromatic nitrogens is 3. The van der Waals surface area contributed by atoms with Crippen molar-refractivity contribution in [3.63, 3.8) is 0 Å².